The fourth-order valence-corrected chi connectivity index (χ4v) is 2.16. The SMILES string of the molecule is C=CCN(Cc1ccccc1)C(=O)c1ccc(C(F)(F)F)cc1. The summed E-state index contributed by atoms with van der Waals surface area (Å²) in [6.07, 6.45) is -2.82. The van der Waals surface area contributed by atoms with E-state index in [1.165, 1.54) is 17.0 Å². The van der Waals surface area contributed by atoms with Crippen LogP contribution in [-0.4, -0.2) is 17.4 Å². The molecule has 0 N–H and O–H groups in total. The Morgan fingerprint density at radius 3 is 2.17 bits per heavy atom. The largest absolute Gasteiger partial charge is 0.416 e. The van der Waals surface area contributed by atoms with Gasteiger partial charge in [0.15, 0.2) is 0 Å². The maximum atomic E-state index is 12.6. The van der Waals surface area contributed by atoms with Gasteiger partial charge in [0.1, 0.15) is 0 Å². The Morgan fingerprint density at radius 2 is 1.65 bits per heavy atom. The van der Waals surface area contributed by atoms with Crippen molar-refractivity contribution in [3.05, 3.63) is 83.9 Å². The van der Waals surface area contributed by atoms with Crippen molar-refractivity contribution in [3.8, 4) is 0 Å². The molecule has 2 aromatic rings. The van der Waals surface area contributed by atoms with Gasteiger partial charge in [-0.2, -0.15) is 13.2 Å². The number of rotatable bonds is 5. The molecular weight excluding hydrogens is 303 g/mol. The highest BCUT2D eigenvalue weighted by Gasteiger charge is 2.30. The molecule has 120 valence electrons. The second-order valence-corrected chi connectivity index (χ2v) is 5.04. The van der Waals surface area contributed by atoms with Crippen LogP contribution in [0.25, 0.3) is 0 Å². The highest BCUT2D eigenvalue weighted by Crippen LogP contribution is 2.29. The number of carbonyl (C=O) groups is 1. The minimum Gasteiger partial charge on any atom is -0.331 e. The first-order valence-electron chi connectivity index (χ1n) is 7.03. The molecule has 0 bridgehead atoms. The van der Waals surface area contributed by atoms with E-state index in [1.54, 1.807) is 6.08 Å². The average Bonchev–Trinajstić information content (AvgIpc) is 2.54. The fraction of sp³-hybridized carbons (Fsp3) is 0.167. The molecule has 0 spiro atoms. The summed E-state index contributed by atoms with van der Waals surface area (Å²) in [4.78, 5) is 14.0. The molecule has 0 aliphatic heterocycles. The van der Waals surface area contributed by atoms with Crippen molar-refractivity contribution in [1.82, 2.24) is 4.90 Å². The van der Waals surface area contributed by atoms with Crippen molar-refractivity contribution in [3.63, 3.8) is 0 Å². The molecule has 0 saturated heterocycles. The maximum absolute atomic E-state index is 12.6. The Balaban J connectivity index is 2.19. The third kappa shape index (κ3) is 4.45. The first-order valence-corrected chi connectivity index (χ1v) is 7.03. The molecule has 0 radical (unpaired) electrons. The van der Waals surface area contributed by atoms with Crippen LogP contribution in [0.5, 0.6) is 0 Å². The molecule has 1 amide bonds. The third-order valence-corrected chi connectivity index (χ3v) is 3.31. The number of carbonyl (C=O) groups excluding carboxylic acids is 1. The van der Waals surface area contributed by atoms with E-state index >= 15 is 0 Å². The molecule has 0 heterocycles. The summed E-state index contributed by atoms with van der Waals surface area (Å²) in [5, 5.41) is 0. The van der Waals surface area contributed by atoms with Crippen LogP contribution in [-0.2, 0) is 12.7 Å². The summed E-state index contributed by atoms with van der Waals surface area (Å²) in [5.41, 5.74) is 0.387. The number of hydrogen-bond donors (Lipinski definition) is 0. The Morgan fingerprint density at radius 1 is 1.04 bits per heavy atom. The van der Waals surface area contributed by atoms with Gasteiger partial charge >= 0.3 is 6.18 Å². The molecule has 0 fully saturated rings. The molecule has 0 aliphatic carbocycles. The van der Waals surface area contributed by atoms with Gasteiger partial charge in [-0.3, -0.25) is 4.79 Å². The van der Waals surface area contributed by atoms with Gasteiger partial charge in [0, 0.05) is 18.7 Å². The van der Waals surface area contributed by atoms with Crippen molar-refractivity contribution in [2.24, 2.45) is 0 Å². The van der Waals surface area contributed by atoms with Crippen LogP contribution >= 0.6 is 0 Å². The van der Waals surface area contributed by atoms with E-state index in [1.807, 2.05) is 30.3 Å². The second-order valence-electron chi connectivity index (χ2n) is 5.04. The van der Waals surface area contributed by atoms with E-state index in [-0.39, 0.29) is 11.5 Å². The summed E-state index contributed by atoms with van der Waals surface area (Å²) < 4.78 is 37.7. The van der Waals surface area contributed by atoms with Gasteiger partial charge in [-0.15, -0.1) is 6.58 Å². The Kier molecular flexibility index (Phi) is 5.21. The molecule has 2 nitrogen and oxygen atoms in total. The molecule has 2 aromatic carbocycles. The minimum atomic E-state index is -4.41. The van der Waals surface area contributed by atoms with Crippen LogP contribution in [0.1, 0.15) is 21.5 Å². The minimum absolute atomic E-state index is 0.218. The molecule has 5 heteroatoms. The van der Waals surface area contributed by atoms with Gasteiger partial charge < -0.3 is 4.90 Å². The molecule has 0 aliphatic rings. The molecule has 2 rings (SSSR count). The van der Waals surface area contributed by atoms with Crippen LogP contribution in [0.3, 0.4) is 0 Å². The highest BCUT2D eigenvalue weighted by atomic mass is 19.4. The number of benzene rings is 2. The van der Waals surface area contributed by atoms with Gasteiger partial charge in [-0.1, -0.05) is 36.4 Å². The quantitative estimate of drug-likeness (QED) is 0.741. The summed E-state index contributed by atoms with van der Waals surface area (Å²) in [6, 6.07) is 13.6. The summed E-state index contributed by atoms with van der Waals surface area (Å²) in [7, 11) is 0. The topological polar surface area (TPSA) is 20.3 Å². The lowest BCUT2D eigenvalue weighted by atomic mass is 10.1. The van der Waals surface area contributed by atoms with Crippen molar-refractivity contribution in [1.29, 1.82) is 0 Å². The van der Waals surface area contributed by atoms with E-state index in [9.17, 15) is 18.0 Å². The number of amides is 1. The Labute approximate surface area is 132 Å². The standard InChI is InChI=1S/C18H16F3NO/c1-2-12-22(13-14-6-4-3-5-7-14)17(23)15-8-10-16(11-9-15)18(19,20)21/h2-11H,1,12-13H2. The molecule has 0 atom stereocenters. The van der Waals surface area contributed by atoms with E-state index in [4.69, 9.17) is 0 Å². The predicted octanol–water partition coefficient (Wildman–Crippen LogP) is 4.53. The third-order valence-electron chi connectivity index (χ3n) is 3.31. The van der Waals surface area contributed by atoms with Crippen LogP contribution in [0.2, 0.25) is 0 Å². The zero-order chi connectivity index (χ0) is 16.9. The van der Waals surface area contributed by atoms with Crippen LogP contribution in [0.4, 0.5) is 13.2 Å². The Hall–Kier alpha value is -2.56. The van der Waals surface area contributed by atoms with E-state index in [2.05, 4.69) is 6.58 Å². The van der Waals surface area contributed by atoms with E-state index in [0.717, 1.165) is 17.7 Å². The van der Waals surface area contributed by atoms with Gasteiger partial charge in [-0.25, -0.2) is 0 Å². The lowest BCUT2D eigenvalue weighted by molar-refractivity contribution is -0.137. The van der Waals surface area contributed by atoms with Crippen molar-refractivity contribution in [2.45, 2.75) is 12.7 Å². The normalized spacial score (nSPS) is 11.1. The Bertz CT molecular complexity index is 663. The summed E-state index contributed by atoms with van der Waals surface area (Å²) >= 11 is 0. The fourth-order valence-electron chi connectivity index (χ4n) is 2.16. The first-order chi connectivity index (χ1) is 10.9. The molecule has 0 saturated carbocycles. The number of hydrogen-bond acceptors (Lipinski definition) is 1. The van der Waals surface area contributed by atoms with Gasteiger partial charge in [0.25, 0.3) is 5.91 Å². The lowest BCUT2D eigenvalue weighted by Gasteiger charge is -2.21. The van der Waals surface area contributed by atoms with Crippen molar-refractivity contribution < 1.29 is 18.0 Å². The monoisotopic (exact) mass is 319 g/mol. The smallest absolute Gasteiger partial charge is 0.331 e. The number of nitrogens with zero attached hydrogens (tertiary/aromatic N) is 1. The van der Waals surface area contributed by atoms with E-state index in [0.29, 0.717) is 13.1 Å². The van der Waals surface area contributed by atoms with Gasteiger partial charge in [0.05, 0.1) is 5.56 Å². The van der Waals surface area contributed by atoms with Gasteiger partial charge in [0.2, 0.25) is 0 Å². The molecule has 0 unspecified atom stereocenters. The van der Waals surface area contributed by atoms with E-state index < -0.39 is 11.7 Å². The van der Waals surface area contributed by atoms with Crippen LogP contribution < -0.4 is 0 Å². The highest BCUT2D eigenvalue weighted by molar-refractivity contribution is 5.94. The lowest BCUT2D eigenvalue weighted by Crippen LogP contribution is -2.30. The van der Waals surface area contributed by atoms with Crippen LogP contribution in [0, 0.1) is 0 Å². The molecule has 0 aromatic heterocycles. The number of alkyl halides is 3. The maximum Gasteiger partial charge on any atom is 0.416 e. The summed E-state index contributed by atoms with van der Waals surface area (Å²) in [6.45, 7) is 4.30. The summed E-state index contributed by atoms with van der Waals surface area (Å²) in [5.74, 6) is -0.331. The zero-order valence-corrected chi connectivity index (χ0v) is 12.4. The van der Waals surface area contributed by atoms with Crippen LogP contribution in [0.15, 0.2) is 67.3 Å². The van der Waals surface area contributed by atoms with Crippen molar-refractivity contribution in [2.75, 3.05) is 6.54 Å². The number of halogens is 3. The van der Waals surface area contributed by atoms with Crippen molar-refractivity contribution >= 4 is 5.91 Å². The van der Waals surface area contributed by atoms with Gasteiger partial charge in [-0.05, 0) is 29.8 Å². The second kappa shape index (κ2) is 7.13. The molecular formula is C18H16F3NO. The molecule has 23 heavy (non-hydrogen) atoms. The average molecular weight is 319 g/mol. The zero-order valence-electron chi connectivity index (χ0n) is 12.4. The predicted molar refractivity (Wildman–Crippen MR) is 82.8 cm³/mol. The first kappa shape index (κ1) is 16.8.